The smallest absolute Gasteiger partial charge is 0.260 e. The van der Waals surface area contributed by atoms with Crippen LogP contribution in [-0.2, 0) is 4.74 Å². The van der Waals surface area contributed by atoms with Gasteiger partial charge in [-0.1, -0.05) is 23.7 Å². The SMILES string of the molecule is COc1cc(C(=O)N(CC2CCCO2)c2nc(-c3ccc(Cl)cc3)cs2)cc(C)c1OC. The van der Waals surface area contributed by atoms with Crippen LogP contribution in [0.3, 0.4) is 0 Å². The first-order valence-electron chi connectivity index (χ1n) is 10.4. The van der Waals surface area contributed by atoms with Crippen LogP contribution in [0.25, 0.3) is 11.3 Å². The summed E-state index contributed by atoms with van der Waals surface area (Å²) in [5.41, 5.74) is 3.09. The molecule has 0 saturated carbocycles. The molecule has 4 rings (SSSR count). The predicted molar refractivity (Wildman–Crippen MR) is 127 cm³/mol. The van der Waals surface area contributed by atoms with Crippen molar-refractivity contribution in [3.05, 3.63) is 57.9 Å². The van der Waals surface area contributed by atoms with Gasteiger partial charge in [-0.15, -0.1) is 11.3 Å². The van der Waals surface area contributed by atoms with Crippen LogP contribution in [0.1, 0.15) is 28.8 Å². The molecular formula is C24H25ClN2O4S. The summed E-state index contributed by atoms with van der Waals surface area (Å²) in [6.45, 7) is 3.06. The van der Waals surface area contributed by atoms with Crippen LogP contribution < -0.4 is 14.4 Å². The van der Waals surface area contributed by atoms with Gasteiger partial charge < -0.3 is 14.2 Å². The summed E-state index contributed by atoms with van der Waals surface area (Å²) in [6, 6.07) is 11.0. The number of halogens is 1. The molecule has 3 aromatic rings. The van der Waals surface area contributed by atoms with E-state index < -0.39 is 0 Å². The van der Waals surface area contributed by atoms with Crippen LogP contribution in [-0.4, -0.2) is 44.4 Å². The van der Waals surface area contributed by atoms with Gasteiger partial charge in [0.05, 0.1) is 32.6 Å². The molecule has 1 aromatic heterocycles. The Labute approximate surface area is 196 Å². The molecule has 6 nitrogen and oxygen atoms in total. The van der Waals surface area contributed by atoms with E-state index in [0.29, 0.717) is 33.8 Å². The fourth-order valence-corrected chi connectivity index (χ4v) is 4.78. The fraction of sp³-hybridized carbons (Fsp3) is 0.333. The second kappa shape index (κ2) is 9.90. The van der Waals surface area contributed by atoms with Crippen molar-refractivity contribution < 1.29 is 19.0 Å². The third-order valence-electron chi connectivity index (χ3n) is 5.43. The van der Waals surface area contributed by atoms with Gasteiger partial charge in [0.1, 0.15) is 0 Å². The number of hydrogen-bond acceptors (Lipinski definition) is 6. The van der Waals surface area contributed by atoms with Crippen molar-refractivity contribution in [1.82, 2.24) is 4.98 Å². The number of benzene rings is 2. The Morgan fingerprint density at radius 3 is 2.69 bits per heavy atom. The number of methoxy groups -OCH3 is 2. The van der Waals surface area contributed by atoms with Crippen LogP contribution in [0.2, 0.25) is 5.02 Å². The zero-order valence-corrected chi connectivity index (χ0v) is 19.8. The Hall–Kier alpha value is -2.61. The minimum atomic E-state index is -0.151. The second-order valence-electron chi connectivity index (χ2n) is 7.60. The van der Waals surface area contributed by atoms with E-state index in [0.717, 1.165) is 36.3 Å². The summed E-state index contributed by atoms with van der Waals surface area (Å²) in [7, 11) is 3.15. The number of rotatable bonds is 7. The number of anilines is 1. The Morgan fingerprint density at radius 2 is 2.03 bits per heavy atom. The molecule has 8 heteroatoms. The Morgan fingerprint density at radius 1 is 1.25 bits per heavy atom. The lowest BCUT2D eigenvalue weighted by Gasteiger charge is -2.24. The summed E-state index contributed by atoms with van der Waals surface area (Å²) < 4.78 is 16.7. The highest BCUT2D eigenvalue weighted by atomic mass is 35.5. The van der Waals surface area contributed by atoms with Crippen LogP contribution in [0, 0.1) is 6.92 Å². The molecule has 1 saturated heterocycles. The van der Waals surface area contributed by atoms with Crippen molar-refractivity contribution in [2.45, 2.75) is 25.9 Å². The predicted octanol–water partition coefficient (Wildman–Crippen LogP) is 5.61. The number of thiazole rings is 1. The van der Waals surface area contributed by atoms with E-state index >= 15 is 0 Å². The first-order chi connectivity index (χ1) is 15.5. The summed E-state index contributed by atoms with van der Waals surface area (Å²) in [5.74, 6) is 0.990. The molecular weight excluding hydrogens is 448 g/mol. The van der Waals surface area contributed by atoms with E-state index in [1.54, 1.807) is 25.2 Å². The maximum Gasteiger partial charge on any atom is 0.260 e. The fourth-order valence-electron chi connectivity index (χ4n) is 3.82. The van der Waals surface area contributed by atoms with Crippen molar-refractivity contribution in [3.8, 4) is 22.8 Å². The Balaban J connectivity index is 1.69. The van der Waals surface area contributed by atoms with Gasteiger partial charge in [0.25, 0.3) is 5.91 Å². The molecule has 1 unspecified atom stereocenters. The molecule has 2 heterocycles. The Bertz CT molecular complexity index is 1090. The quantitative estimate of drug-likeness (QED) is 0.447. The van der Waals surface area contributed by atoms with E-state index in [4.69, 9.17) is 30.8 Å². The van der Waals surface area contributed by atoms with Gasteiger partial charge >= 0.3 is 0 Å². The standard InChI is InChI=1S/C24H25ClN2O4S/c1-15-11-17(12-21(29-2)22(15)30-3)23(28)27(13-19-5-4-10-31-19)24-26-20(14-32-24)16-6-8-18(25)9-7-16/h6-9,11-12,14,19H,4-5,10,13H2,1-3H3. The Kier molecular flexibility index (Phi) is 6.98. The molecule has 0 radical (unpaired) electrons. The summed E-state index contributed by atoms with van der Waals surface area (Å²) in [5, 5.41) is 3.25. The van der Waals surface area contributed by atoms with E-state index in [-0.39, 0.29) is 12.0 Å². The van der Waals surface area contributed by atoms with Gasteiger partial charge in [-0.2, -0.15) is 0 Å². The molecule has 1 fully saturated rings. The van der Waals surface area contributed by atoms with Gasteiger partial charge in [-0.25, -0.2) is 4.98 Å². The average molecular weight is 473 g/mol. The van der Waals surface area contributed by atoms with Crippen molar-refractivity contribution in [2.24, 2.45) is 0 Å². The minimum Gasteiger partial charge on any atom is -0.493 e. The van der Waals surface area contributed by atoms with Gasteiger partial charge in [0.2, 0.25) is 0 Å². The number of aryl methyl sites for hydroxylation is 1. The van der Waals surface area contributed by atoms with Crippen LogP contribution >= 0.6 is 22.9 Å². The molecule has 1 aliphatic heterocycles. The molecule has 0 aliphatic carbocycles. The summed E-state index contributed by atoms with van der Waals surface area (Å²) in [4.78, 5) is 20.1. The van der Waals surface area contributed by atoms with Crippen LogP contribution in [0.5, 0.6) is 11.5 Å². The molecule has 0 spiro atoms. The van der Waals surface area contributed by atoms with Crippen LogP contribution in [0.4, 0.5) is 5.13 Å². The van der Waals surface area contributed by atoms with E-state index in [2.05, 4.69) is 0 Å². The molecule has 0 bridgehead atoms. The number of aromatic nitrogens is 1. The maximum atomic E-state index is 13.7. The molecule has 1 atom stereocenters. The normalized spacial score (nSPS) is 15.6. The number of ether oxygens (including phenoxy) is 3. The molecule has 0 N–H and O–H groups in total. The van der Waals surface area contributed by atoms with Crippen molar-refractivity contribution in [3.63, 3.8) is 0 Å². The summed E-state index contributed by atoms with van der Waals surface area (Å²) >= 11 is 7.45. The van der Waals surface area contributed by atoms with E-state index in [1.165, 1.54) is 11.3 Å². The average Bonchev–Trinajstić information content (AvgIpc) is 3.49. The zero-order chi connectivity index (χ0) is 22.7. The highest BCUT2D eigenvalue weighted by molar-refractivity contribution is 7.14. The second-order valence-corrected chi connectivity index (χ2v) is 8.87. The molecule has 1 aliphatic rings. The lowest BCUT2D eigenvalue weighted by atomic mass is 10.1. The number of nitrogens with zero attached hydrogens (tertiary/aromatic N) is 2. The number of carbonyl (C=O) groups excluding carboxylic acids is 1. The van der Waals surface area contributed by atoms with Gasteiger partial charge in [-0.05, 0) is 49.6 Å². The number of carbonyl (C=O) groups is 1. The van der Waals surface area contributed by atoms with Crippen molar-refractivity contribution >= 4 is 34.0 Å². The third kappa shape index (κ3) is 4.75. The largest absolute Gasteiger partial charge is 0.493 e. The maximum absolute atomic E-state index is 13.7. The van der Waals surface area contributed by atoms with E-state index in [9.17, 15) is 4.79 Å². The molecule has 1 amide bonds. The number of amides is 1. The molecule has 168 valence electrons. The topological polar surface area (TPSA) is 60.9 Å². The lowest BCUT2D eigenvalue weighted by Crippen LogP contribution is -2.37. The van der Waals surface area contributed by atoms with Crippen molar-refractivity contribution in [2.75, 3.05) is 32.3 Å². The number of hydrogen-bond donors (Lipinski definition) is 0. The monoisotopic (exact) mass is 472 g/mol. The summed E-state index contributed by atoms with van der Waals surface area (Å²) in [6.07, 6.45) is 1.91. The minimum absolute atomic E-state index is 0.0110. The van der Waals surface area contributed by atoms with Crippen molar-refractivity contribution in [1.29, 1.82) is 0 Å². The van der Waals surface area contributed by atoms with Gasteiger partial charge in [0.15, 0.2) is 16.6 Å². The third-order valence-corrected chi connectivity index (χ3v) is 6.55. The van der Waals surface area contributed by atoms with E-state index in [1.807, 2.05) is 42.6 Å². The molecule has 2 aromatic carbocycles. The highest BCUT2D eigenvalue weighted by Gasteiger charge is 2.28. The first-order valence-corrected chi connectivity index (χ1v) is 11.6. The first kappa shape index (κ1) is 22.6. The lowest BCUT2D eigenvalue weighted by molar-refractivity contribution is 0.0917. The van der Waals surface area contributed by atoms with Gasteiger partial charge in [-0.3, -0.25) is 9.69 Å². The zero-order valence-electron chi connectivity index (χ0n) is 18.3. The highest BCUT2D eigenvalue weighted by Crippen LogP contribution is 2.34. The molecule has 32 heavy (non-hydrogen) atoms. The van der Waals surface area contributed by atoms with Crippen LogP contribution in [0.15, 0.2) is 41.8 Å². The van der Waals surface area contributed by atoms with Gasteiger partial charge in [0, 0.05) is 28.1 Å².